The molecule has 0 aromatic heterocycles. The first-order valence-electron chi connectivity index (χ1n) is 8.04. The van der Waals surface area contributed by atoms with Crippen molar-refractivity contribution in [1.29, 1.82) is 0 Å². The maximum absolute atomic E-state index is 12.0. The number of aryl methyl sites for hydroxylation is 1. The summed E-state index contributed by atoms with van der Waals surface area (Å²) in [6.07, 6.45) is 0. The van der Waals surface area contributed by atoms with Gasteiger partial charge in [-0.25, -0.2) is 0 Å². The first kappa shape index (κ1) is 18.9. The number of amides is 2. The van der Waals surface area contributed by atoms with E-state index in [0.29, 0.717) is 18.0 Å². The van der Waals surface area contributed by atoms with Crippen LogP contribution in [0, 0.1) is 6.92 Å². The van der Waals surface area contributed by atoms with Gasteiger partial charge in [0.1, 0.15) is 5.75 Å². The molecule has 132 valence electrons. The number of carbonyl (C=O) groups is 2. The number of benzene rings is 2. The zero-order valence-electron chi connectivity index (χ0n) is 14.4. The van der Waals surface area contributed by atoms with Crippen LogP contribution in [0.4, 0.5) is 11.4 Å². The van der Waals surface area contributed by atoms with Crippen LogP contribution in [-0.2, 0) is 9.59 Å². The number of rotatable bonds is 8. The van der Waals surface area contributed by atoms with Crippen molar-refractivity contribution < 1.29 is 14.3 Å². The molecule has 0 spiro atoms. The van der Waals surface area contributed by atoms with E-state index in [1.54, 1.807) is 6.07 Å². The molecule has 0 aliphatic carbocycles. The van der Waals surface area contributed by atoms with E-state index in [0.717, 1.165) is 11.3 Å². The molecule has 0 bridgehead atoms. The van der Waals surface area contributed by atoms with Crippen LogP contribution in [0.15, 0.2) is 48.5 Å². The Morgan fingerprint density at radius 3 is 2.44 bits per heavy atom. The number of para-hydroxylation sites is 2. The predicted octanol–water partition coefficient (Wildman–Crippen LogP) is 3.70. The van der Waals surface area contributed by atoms with Crippen LogP contribution < -0.4 is 15.4 Å². The number of anilines is 2. The standard InChI is InChI=1S/C19H22N2O3S/c1-3-24-17-10-5-4-9-16(17)21-19(23)13-25-12-18(22)20-15-8-6-7-14(2)11-15/h4-11H,3,12-13H2,1-2H3,(H,20,22)(H,21,23). The van der Waals surface area contributed by atoms with Crippen molar-refractivity contribution in [2.75, 3.05) is 28.7 Å². The monoisotopic (exact) mass is 358 g/mol. The summed E-state index contributed by atoms with van der Waals surface area (Å²) in [5.41, 5.74) is 2.48. The lowest BCUT2D eigenvalue weighted by atomic mass is 10.2. The van der Waals surface area contributed by atoms with Crippen LogP contribution >= 0.6 is 11.8 Å². The van der Waals surface area contributed by atoms with E-state index in [4.69, 9.17) is 4.74 Å². The molecule has 0 aliphatic rings. The molecule has 0 fully saturated rings. The predicted molar refractivity (Wildman–Crippen MR) is 103 cm³/mol. The van der Waals surface area contributed by atoms with E-state index in [-0.39, 0.29) is 23.3 Å². The number of ether oxygens (including phenoxy) is 1. The van der Waals surface area contributed by atoms with E-state index in [1.165, 1.54) is 11.8 Å². The molecule has 2 N–H and O–H groups in total. The van der Waals surface area contributed by atoms with Gasteiger partial charge in [-0.15, -0.1) is 11.8 Å². The maximum atomic E-state index is 12.0. The number of hydrogen-bond donors (Lipinski definition) is 2. The highest BCUT2D eigenvalue weighted by atomic mass is 32.2. The molecule has 2 amide bonds. The fourth-order valence-electron chi connectivity index (χ4n) is 2.19. The van der Waals surface area contributed by atoms with E-state index < -0.39 is 0 Å². The largest absolute Gasteiger partial charge is 0.492 e. The van der Waals surface area contributed by atoms with Crippen molar-refractivity contribution >= 4 is 35.0 Å². The molecule has 0 unspecified atom stereocenters. The highest BCUT2D eigenvalue weighted by Crippen LogP contribution is 2.23. The summed E-state index contributed by atoms with van der Waals surface area (Å²) in [5.74, 6) is 0.759. The molecule has 0 heterocycles. The third kappa shape index (κ3) is 6.51. The van der Waals surface area contributed by atoms with Crippen molar-refractivity contribution in [2.24, 2.45) is 0 Å². The van der Waals surface area contributed by atoms with E-state index >= 15 is 0 Å². The topological polar surface area (TPSA) is 67.4 Å². The Hall–Kier alpha value is -2.47. The molecule has 25 heavy (non-hydrogen) atoms. The first-order valence-corrected chi connectivity index (χ1v) is 9.20. The second kappa shape index (κ2) is 9.74. The Morgan fingerprint density at radius 1 is 1.00 bits per heavy atom. The molecule has 5 nitrogen and oxygen atoms in total. The van der Waals surface area contributed by atoms with Gasteiger partial charge < -0.3 is 15.4 Å². The summed E-state index contributed by atoms with van der Waals surface area (Å²) in [5, 5.41) is 5.63. The van der Waals surface area contributed by atoms with Gasteiger partial charge in [-0.1, -0.05) is 24.3 Å². The van der Waals surface area contributed by atoms with Crippen molar-refractivity contribution in [2.45, 2.75) is 13.8 Å². The third-order valence-corrected chi connectivity index (χ3v) is 4.16. The van der Waals surface area contributed by atoms with Gasteiger partial charge >= 0.3 is 0 Å². The van der Waals surface area contributed by atoms with Gasteiger partial charge in [0.2, 0.25) is 11.8 Å². The van der Waals surface area contributed by atoms with Gasteiger partial charge in [-0.05, 0) is 43.7 Å². The first-order chi connectivity index (χ1) is 12.1. The lowest BCUT2D eigenvalue weighted by Gasteiger charge is -2.11. The van der Waals surface area contributed by atoms with Crippen LogP contribution in [0.3, 0.4) is 0 Å². The molecular weight excluding hydrogens is 336 g/mol. The molecule has 2 aromatic rings. The minimum Gasteiger partial charge on any atom is -0.492 e. The van der Waals surface area contributed by atoms with Crippen molar-refractivity contribution in [3.8, 4) is 5.75 Å². The van der Waals surface area contributed by atoms with Gasteiger partial charge in [0.15, 0.2) is 0 Å². The molecule has 2 rings (SSSR count). The SMILES string of the molecule is CCOc1ccccc1NC(=O)CSCC(=O)Nc1cccc(C)c1. The summed E-state index contributed by atoms with van der Waals surface area (Å²) >= 11 is 1.27. The zero-order chi connectivity index (χ0) is 18.1. The van der Waals surface area contributed by atoms with Gasteiger partial charge in [0.25, 0.3) is 0 Å². The van der Waals surface area contributed by atoms with Gasteiger partial charge in [0, 0.05) is 5.69 Å². The smallest absolute Gasteiger partial charge is 0.234 e. The summed E-state index contributed by atoms with van der Waals surface area (Å²) in [6.45, 7) is 4.39. The third-order valence-electron chi connectivity index (χ3n) is 3.23. The second-order valence-electron chi connectivity index (χ2n) is 5.39. The Balaban J connectivity index is 1.76. The van der Waals surface area contributed by atoms with Gasteiger partial charge in [-0.2, -0.15) is 0 Å². The minimum absolute atomic E-state index is 0.127. The van der Waals surface area contributed by atoms with Crippen LogP contribution in [0.1, 0.15) is 12.5 Å². The molecule has 0 atom stereocenters. The molecule has 6 heteroatoms. The molecule has 0 aliphatic heterocycles. The van der Waals surface area contributed by atoms with Crippen LogP contribution in [0.25, 0.3) is 0 Å². The molecular formula is C19H22N2O3S. The molecule has 0 saturated carbocycles. The fraction of sp³-hybridized carbons (Fsp3) is 0.263. The molecule has 2 aromatic carbocycles. The average molecular weight is 358 g/mol. The Labute approximate surface area is 152 Å². The number of carbonyl (C=O) groups excluding carboxylic acids is 2. The molecule has 0 saturated heterocycles. The highest BCUT2D eigenvalue weighted by molar-refractivity contribution is 8.00. The van der Waals surface area contributed by atoms with E-state index in [2.05, 4.69) is 10.6 Å². The lowest BCUT2D eigenvalue weighted by molar-refractivity contribution is -0.114. The summed E-state index contributed by atoms with van der Waals surface area (Å²) in [4.78, 5) is 24.0. The Bertz CT molecular complexity index is 734. The Morgan fingerprint density at radius 2 is 1.72 bits per heavy atom. The van der Waals surface area contributed by atoms with Gasteiger partial charge in [0.05, 0.1) is 23.8 Å². The maximum Gasteiger partial charge on any atom is 0.234 e. The van der Waals surface area contributed by atoms with Crippen LogP contribution in [0.5, 0.6) is 5.75 Å². The van der Waals surface area contributed by atoms with E-state index in [9.17, 15) is 9.59 Å². The number of nitrogens with one attached hydrogen (secondary N) is 2. The average Bonchev–Trinajstić information content (AvgIpc) is 2.57. The van der Waals surface area contributed by atoms with Crippen molar-refractivity contribution in [3.63, 3.8) is 0 Å². The highest BCUT2D eigenvalue weighted by Gasteiger charge is 2.09. The number of thioether (sulfide) groups is 1. The lowest BCUT2D eigenvalue weighted by Crippen LogP contribution is -2.18. The van der Waals surface area contributed by atoms with Gasteiger partial charge in [-0.3, -0.25) is 9.59 Å². The normalized spacial score (nSPS) is 10.2. The summed E-state index contributed by atoms with van der Waals surface area (Å²) in [6, 6.07) is 14.9. The summed E-state index contributed by atoms with van der Waals surface area (Å²) in [7, 11) is 0. The number of hydrogen-bond acceptors (Lipinski definition) is 4. The zero-order valence-corrected chi connectivity index (χ0v) is 15.2. The minimum atomic E-state index is -0.166. The quantitative estimate of drug-likeness (QED) is 0.755. The van der Waals surface area contributed by atoms with Crippen LogP contribution in [0.2, 0.25) is 0 Å². The van der Waals surface area contributed by atoms with Crippen LogP contribution in [-0.4, -0.2) is 29.9 Å². The van der Waals surface area contributed by atoms with E-state index in [1.807, 2.05) is 56.3 Å². The van der Waals surface area contributed by atoms with Crippen molar-refractivity contribution in [1.82, 2.24) is 0 Å². The summed E-state index contributed by atoms with van der Waals surface area (Å²) < 4.78 is 5.47. The second-order valence-corrected chi connectivity index (χ2v) is 6.37. The molecule has 0 radical (unpaired) electrons. The Kier molecular flexibility index (Phi) is 7.35. The van der Waals surface area contributed by atoms with Crippen molar-refractivity contribution in [3.05, 3.63) is 54.1 Å². The fourth-order valence-corrected chi connectivity index (χ4v) is 2.81.